The van der Waals surface area contributed by atoms with Crippen molar-refractivity contribution in [3.05, 3.63) is 0 Å². The first-order chi connectivity index (χ1) is 11.5. The van der Waals surface area contributed by atoms with E-state index in [1.54, 1.807) is 0 Å². The molecule has 0 aliphatic carbocycles. The number of likely N-dealkylation sites (N-methyl/N-ethyl adjacent to an activating group) is 1. The molecule has 0 amide bonds. The van der Waals surface area contributed by atoms with Gasteiger partial charge in [-0.15, -0.1) is 0 Å². The minimum atomic E-state index is -0.377. The summed E-state index contributed by atoms with van der Waals surface area (Å²) in [5.41, 5.74) is 0. The Morgan fingerprint density at radius 3 is 1.50 bits per heavy atom. The van der Waals surface area contributed by atoms with Gasteiger partial charge in [-0.25, -0.2) is 0 Å². The fraction of sp³-hybridized carbons (Fsp3) is 1.00. The molecule has 0 aliphatic rings. The largest absolute Gasteiger partial charge is 0.859 e. The molecule has 1 N–H and O–H groups in total. The average molecular weight is 345 g/mol. The second kappa shape index (κ2) is 20.9. The fourth-order valence-corrected chi connectivity index (χ4v) is 2.40. The Labute approximate surface area is 152 Å². The Balaban J connectivity index is 0. The van der Waals surface area contributed by atoms with Crippen molar-refractivity contribution in [2.75, 3.05) is 40.9 Å². The zero-order valence-corrected chi connectivity index (χ0v) is 17.0. The molecular weight excluding hydrogens is 301 g/mol. The van der Waals surface area contributed by atoms with Gasteiger partial charge in [0.25, 0.3) is 0 Å². The van der Waals surface area contributed by atoms with Gasteiger partial charge in [0.05, 0.1) is 27.7 Å². The molecule has 0 saturated heterocycles. The Hall–Kier alpha value is -0.0951. The van der Waals surface area contributed by atoms with Crippen molar-refractivity contribution in [3.63, 3.8) is 0 Å². The van der Waals surface area contributed by atoms with Crippen LogP contribution in [0.15, 0.2) is 0 Å². The molecule has 0 saturated carbocycles. The van der Waals surface area contributed by atoms with E-state index in [2.05, 4.69) is 28.1 Å². The van der Waals surface area contributed by atoms with E-state index in [1.807, 2.05) is 0 Å². The predicted molar refractivity (Wildman–Crippen MR) is 104 cm³/mol. The summed E-state index contributed by atoms with van der Waals surface area (Å²) in [5, 5.41) is 18.4. The third-order valence-corrected chi connectivity index (χ3v) is 4.00. The lowest BCUT2D eigenvalue weighted by Gasteiger charge is -2.21. The zero-order valence-electron chi connectivity index (χ0n) is 17.0. The molecule has 0 aromatic rings. The van der Waals surface area contributed by atoms with Gasteiger partial charge in [0.2, 0.25) is 0 Å². The van der Waals surface area contributed by atoms with Crippen LogP contribution in [-0.4, -0.2) is 58.2 Å². The van der Waals surface area contributed by atoms with Gasteiger partial charge in [0, 0.05) is 6.61 Å². The molecule has 0 radical (unpaired) electrons. The summed E-state index contributed by atoms with van der Waals surface area (Å²) in [6.07, 6.45) is 16.2. The molecule has 0 rings (SSSR count). The molecule has 0 spiro atoms. The highest BCUT2D eigenvalue weighted by Gasteiger charge is 2.02. The first-order valence-electron chi connectivity index (χ1n) is 10.0. The molecule has 0 heterocycles. The van der Waals surface area contributed by atoms with E-state index in [4.69, 9.17) is 9.76 Å². The molecule has 146 valence electrons. The van der Waals surface area contributed by atoms with Gasteiger partial charge in [-0.1, -0.05) is 77.6 Å². The van der Waals surface area contributed by atoms with Crippen LogP contribution in [0.25, 0.3) is 0 Å². The summed E-state index contributed by atoms with van der Waals surface area (Å²) in [4.78, 5) is 0. The summed E-state index contributed by atoms with van der Waals surface area (Å²) >= 11 is 0. The number of nitrogens with zero attached hydrogens (tertiary/aromatic N) is 1. The van der Waals surface area contributed by atoms with Crippen molar-refractivity contribution in [2.24, 2.45) is 0 Å². The van der Waals surface area contributed by atoms with Crippen LogP contribution in [-0.2, 0) is 4.65 Å². The first kappa shape index (κ1) is 26.1. The molecule has 0 fully saturated rings. The van der Waals surface area contributed by atoms with Crippen LogP contribution in [0, 0.1) is 0 Å². The van der Waals surface area contributed by atoms with Crippen LogP contribution in [0.2, 0.25) is 0 Å². The lowest BCUT2D eigenvalue weighted by atomic mass is 10.1. The van der Waals surface area contributed by atoms with Crippen molar-refractivity contribution in [2.45, 2.75) is 84.0 Å². The van der Waals surface area contributed by atoms with Crippen molar-refractivity contribution in [1.29, 1.82) is 0 Å². The topological polar surface area (TPSA) is 52.5 Å². The highest BCUT2D eigenvalue weighted by Crippen LogP contribution is 2.11. The molecular formula is C19H44BNO3. The van der Waals surface area contributed by atoms with Gasteiger partial charge in [-0.3, -0.25) is 0 Å². The minimum Gasteiger partial charge on any atom is -0.859 e. The monoisotopic (exact) mass is 345 g/mol. The summed E-state index contributed by atoms with van der Waals surface area (Å²) < 4.78 is 5.61. The van der Waals surface area contributed by atoms with Crippen molar-refractivity contribution in [3.8, 4) is 0 Å². The van der Waals surface area contributed by atoms with E-state index >= 15 is 0 Å². The number of quaternary nitrogens is 1. The molecule has 0 atom stereocenters. The van der Waals surface area contributed by atoms with Crippen LogP contribution in [0.5, 0.6) is 0 Å². The van der Waals surface area contributed by atoms with Gasteiger partial charge in [0.1, 0.15) is 6.54 Å². The normalized spacial score (nSPS) is 11.1. The van der Waals surface area contributed by atoms with Crippen LogP contribution >= 0.6 is 0 Å². The lowest BCUT2D eigenvalue weighted by molar-refractivity contribution is -0.870. The van der Waals surface area contributed by atoms with Gasteiger partial charge >= 0.3 is 0 Å². The molecule has 4 nitrogen and oxygen atoms in total. The molecule has 5 heteroatoms. The van der Waals surface area contributed by atoms with E-state index in [0.717, 1.165) is 17.4 Å². The Morgan fingerprint density at radius 1 is 0.792 bits per heavy atom. The first-order valence-corrected chi connectivity index (χ1v) is 10.0. The maximum atomic E-state index is 10.0. The molecule has 0 aliphatic heterocycles. The van der Waals surface area contributed by atoms with Gasteiger partial charge in [-0.05, 0) is 6.42 Å². The van der Waals surface area contributed by atoms with E-state index < -0.39 is 0 Å². The molecule has 0 unspecified atom stereocenters. The summed E-state index contributed by atoms with van der Waals surface area (Å²) in [7, 11) is 5.78. The van der Waals surface area contributed by atoms with Gasteiger partial charge < -0.3 is 19.3 Å². The SMILES string of the molecule is CCCCCCCCCCCCCCOB[O-].C[N+](C)(C)CCO. The number of rotatable bonds is 16. The van der Waals surface area contributed by atoms with E-state index in [1.165, 1.54) is 70.6 Å². The summed E-state index contributed by atoms with van der Waals surface area (Å²) in [6.45, 7) is 4.03. The quantitative estimate of drug-likeness (QED) is 0.266. The van der Waals surface area contributed by atoms with Crippen LogP contribution in [0.3, 0.4) is 0 Å². The maximum Gasteiger partial charge on any atom is 0.163 e. The summed E-state index contributed by atoms with van der Waals surface area (Å²) in [6, 6.07) is 0. The molecule has 0 bridgehead atoms. The van der Waals surface area contributed by atoms with Crippen LogP contribution in [0.1, 0.15) is 84.0 Å². The van der Waals surface area contributed by atoms with E-state index in [0.29, 0.717) is 6.61 Å². The number of unbranched alkanes of at least 4 members (excludes halogenated alkanes) is 11. The smallest absolute Gasteiger partial charge is 0.163 e. The Morgan fingerprint density at radius 2 is 1.21 bits per heavy atom. The highest BCUT2D eigenvalue weighted by molar-refractivity contribution is 6.13. The van der Waals surface area contributed by atoms with E-state index in [9.17, 15) is 5.02 Å². The van der Waals surface area contributed by atoms with Crippen LogP contribution < -0.4 is 5.02 Å². The zero-order chi connectivity index (χ0) is 18.5. The highest BCUT2D eigenvalue weighted by atomic mass is 16.5. The minimum absolute atomic E-state index is 0.281. The number of aliphatic hydroxyl groups excluding tert-OH is 1. The van der Waals surface area contributed by atoms with Crippen molar-refractivity contribution >= 4 is 7.69 Å². The molecule has 24 heavy (non-hydrogen) atoms. The van der Waals surface area contributed by atoms with E-state index in [-0.39, 0.29) is 14.3 Å². The number of aliphatic hydroxyl groups is 1. The lowest BCUT2D eigenvalue weighted by Crippen LogP contribution is -2.36. The fourth-order valence-electron chi connectivity index (χ4n) is 2.40. The van der Waals surface area contributed by atoms with Gasteiger partial charge in [-0.2, -0.15) is 0 Å². The predicted octanol–water partition coefficient (Wildman–Crippen LogP) is 3.02. The Kier molecular flexibility index (Phi) is 22.8. The standard InChI is InChI=1S/C14H30BO2.C5H14NO/c1-2-3-4-5-6-7-8-9-10-11-12-13-14-17-15-16;1-6(2,3)4-5-7/h15H,2-14H2,1H3;7H,4-5H2,1-3H3/q-1;+1. The van der Waals surface area contributed by atoms with Crippen molar-refractivity contribution < 1.29 is 19.3 Å². The van der Waals surface area contributed by atoms with Crippen molar-refractivity contribution in [1.82, 2.24) is 0 Å². The number of hydrogen-bond donors (Lipinski definition) is 1. The van der Waals surface area contributed by atoms with Crippen LogP contribution in [0.4, 0.5) is 0 Å². The number of hydrogen-bond acceptors (Lipinski definition) is 3. The molecule has 0 aromatic carbocycles. The third kappa shape index (κ3) is 29.9. The summed E-state index contributed by atoms with van der Waals surface area (Å²) in [5.74, 6) is 0. The molecule has 0 aromatic heterocycles. The Bertz CT molecular complexity index is 209. The third-order valence-electron chi connectivity index (χ3n) is 4.00. The maximum absolute atomic E-state index is 10.0. The second-order valence-electron chi connectivity index (χ2n) is 7.65. The van der Waals surface area contributed by atoms with Gasteiger partial charge in [0.15, 0.2) is 7.69 Å². The second-order valence-corrected chi connectivity index (χ2v) is 7.65. The average Bonchev–Trinajstić information content (AvgIpc) is 2.51.